The molecule has 9 heteroatoms. The van der Waals surface area contributed by atoms with E-state index in [0.29, 0.717) is 10.7 Å². The van der Waals surface area contributed by atoms with Crippen molar-refractivity contribution in [2.75, 3.05) is 13.7 Å². The minimum atomic E-state index is -0.761. The second-order valence-corrected chi connectivity index (χ2v) is 9.66. The number of rotatable bonds is 11. The lowest BCUT2D eigenvalue weighted by atomic mass is 10.1. The van der Waals surface area contributed by atoms with E-state index in [9.17, 15) is 14.4 Å². The lowest BCUT2D eigenvalue weighted by Crippen LogP contribution is -2.46. The van der Waals surface area contributed by atoms with E-state index in [1.807, 2.05) is 72.8 Å². The number of nitrogens with one attached hydrogen (secondary N) is 1. The number of hydrogen-bond acceptors (Lipinski definition) is 6. The van der Waals surface area contributed by atoms with Crippen LogP contribution in [-0.4, -0.2) is 47.6 Å². The number of pyridine rings is 1. The molecule has 1 heterocycles. The van der Waals surface area contributed by atoms with Gasteiger partial charge in [0, 0.05) is 30.2 Å². The normalized spacial score (nSPS) is 11.4. The summed E-state index contributed by atoms with van der Waals surface area (Å²) in [6, 6.07) is 24.8. The van der Waals surface area contributed by atoms with Gasteiger partial charge in [0.1, 0.15) is 13.2 Å². The van der Waals surface area contributed by atoms with Crippen LogP contribution in [-0.2, 0) is 38.6 Å². The second kappa shape index (κ2) is 14.1. The van der Waals surface area contributed by atoms with Gasteiger partial charge in [-0.2, -0.15) is 0 Å². The van der Waals surface area contributed by atoms with Gasteiger partial charge >= 0.3 is 18.0 Å². The molecule has 8 nitrogen and oxygen atoms in total. The Balaban J connectivity index is 1.37. The molecule has 4 aromatic rings. The first kappa shape index (κ1) is 28.6. The van der Waals surface area contributed by atoms with Crippen molar-refractivity contribution < 1.29 is 23.9 Å². The highest BCUT2D eigenvalue weighted by atomic mass is 35.5. The molecule has 0 saturated carbocycles. The highest BCUT2D eigenvalue weighted by Gasteiger charge is 2.25. The average Bonchev–Trinajstić information content (AvgIpc) is 2.97. The predicted octanol–water partition coefficient (Wildman–Crippen LogP) is 5.32. The van der Waals surface area contributed by atoms with Crippen molar-refractivity contribution in [3.05, 3.63) is 113 Å². The van der Waals surface area contributed by atoms with Gasteiger partial charge in [0.15, 0.2) is 0 Å². The predicted molar refractivity (Wildman–Crippen MR) is 152 cm³/mol. The molecule has 0 aliphatic rings. The number of hydrogen-bond donors (Lipinski definition) is 1. The van der Waals surface area contributed by atoms with E-state index < -0.39 is 24.0 Å². The van der Waals surface area contributed by atoms with Gasteiger partial charge in [-0.25, -0.2) is 4.79 Å². The average molecular weight is 560 g/mol. The molecule has 4 rings (SSSR count). The van der Waals surface area contributed by atoms with Crippen LogP contribution in [0.1, 0.15) is 23.2 Å². The van der Waals surface area contributed by atoms with E-state index in [2.05, 4.69) is 10.3 Å². The van der Waals surface area contributed by atoms with Crippen LogP contribution in [0.4, 0.5) is 4.79 Å². The van der Waals surface area contributed by atoms with Crippen molar-refractivity contribution in [3.8, 4) is 0 Å². The van der Waals surface area contributed by atoms with E-state index in [-0.39, 0.29) is 32.6 Å². The molecule has 1 atom stereocenters. The summed E-state index contributed by atoms with van der Waals surface area (Å²) < 4.78 is 10.9. The molecule has 0 saturated heterocycles. The quantitative estimate of drug-likeness (QED) is 0.250. The number of likely N-dealkylation sites (N-methyl/N-ethyl adjacent to an activating group) is 1. The van der Waals surface area contributed by atoms with Gasteiger partial charge < -0.3 is 19.7 Å². The molecule has 3 aromatic carbocycles. The summed E-state index contributed by atoms with van der Waals surface area (Å²) in [7, 11) is 1.54. The van der Waals surface area contributed by atoms with Crippen LogP contribution >= 0.6 is 11.6 Å². The number of carbonyl (C=O) groups is 3. The van der Waals surface area contributed by atoms with Crippen molar-refractivity contribution in [1.82, 2.24) is 15.2 Å². The Hall–Kier alpha value is -4.43. The van der Waals surface area contributed by atoms with Crippen molar-refractivity contribution >= 4 is 40.3 Å². The largest absolute Gasteiger partial charge is 0.463 e. The number of urea groups is 1. The van der Waals surface area contributed by atoms with Crippen molar-refractivity contribution in [1.29, 1.82) is 0 Å². The molecular weight excluding hydrogens is 530 g/mol. The number of nitrogens with zero attached hydrogens (tertiary/aromatic N) is 2. The maximum Gasteiger partial charge on any atom is 0.317 e. The number of carbonyl (C=O) groups excluding carboxylic acids is 3. The Morgan fingerprint density at radius 3 is 2.38 bits per heavy atom. The van der Waals surface area contributed by atoms with Gasteiger partial charge in [-0.05, 0) is 28.6 Å². The Morgan fingerprint density at radius 1 is 0.900 bits per heavy atom. The first-order valence-electron chi connectivity index (χ1n) is 12.8. The van der Waals surface area contributed by atoms with Crippen LogP contribution in [0.5, 0.6) is 0 Å². The van der Waals surface area contributed by atoms with Crippen LogP contribution in [0.15, 0.2) is 91.1 Å². The number of ether oxygens (including phenoxy) is 2. The lowest BCUT2D eigenvalue weighted by Gasteiger charge is -2.27. The summed E-state index contributed by atoms with van der Waals surface area (Å²) in [6.07, 6.45) is 1.50. The molecule has 1 aromatic heterocycles. The molecule has 0 spiro atoms. The van der Waals surface area contributed by atoms with Crippen LogP contribution in [0.2, 0.25) is 5.02 Å². The molecule has 1 N–H and O–H groups in total. The van der Waals surface area contributed by atoms with E-state index in [4.69, 9.17) is 21.1 Å². The third kappa shape index (κ3) is 8.28. The van der Waals surface area contributed by atoms with Gasteiger partial charge in [-0.3, -0.25) is 14.6 Å². The van der Waals surface area contributed by atoms with Crippen molar-refractivity contribution in [2.45, 2.75) is 32.0 Å². The molecule has 0 aliphatic carbocycles. The van der Waals surface area contributed by atoms with Gasteiger partial charge in [0.25, 0.3) is 0 Å². The van der Waals surface area contributed by atoms with E-state index in [1.54, 1.807) is 18.3 Å². The maximum atomic E-state index is 13.0. The third-order valence-electron chi connectivity index (χ3n) is 6.35. The summed E-state index contributed by atoms with van der Waals surface area (Å²) in [5.74, 6) is -1.04. The fourth-order valence-electron chi connectivity index (χ4n) is 4.01. The summed E-state index contributed by atoms with van der Waals surface area (Å²) in [5.41, 5.74) is 2.15. The van der Waals surface area contributed by atoms with Crippen molar-refractivity contribution in [3.63, 3.8) is 0 Å². The molecule has 40 heavy (non-hydrogen) atoms. The summed E-state index contributed by atoms with van der Waals surface area (Å²) in [6.45, 7) is 0.104. The zero-order valence-electron chi connectivity index (χ0n) is 22.1. The van der Waals surface area contributed by atoms with Gasteiger partial charge in [0.2, 0.25) is 0 Å². The topological polar surface area (TPSA) is 97.8 Å². The zero-order valence-corrected chi connectivity index (χ0v) is 22.8. The fraction of sp³-hybridized carbons (Fsp3) is 0.226. The molecule has 0 radical (unpaired) electrons. The first-order valence-corrected chi connectivity index (χ1v) is 13.2. The minimum absolute atomic E-state index is 0.0432. The molecular formula is C31H30ClN3O5. The highest BCUT2D eigenvalue weighted by Crippen LogP contribution is 2.16. The summed E-state index contributed by atoms with van der Waals surface area (Å²) >= 11 is 6.20. The first-order chi connectivity index (χ1) is 19.4. The Kier molecular flexibility index (Phi) is 10.1. The molecule has 0 fully saturated rings. The van der Waals surface area contributed by atoms with Crippen molar-refractivity contribution in [2.24, 2.45) is 0 Å². The molecule has 0 bridgehead atoms. The fourth-order valence-corrected chi connectivity index (χ4v) is 4.22. The second-order valence-electron chi connectivity index (χ2n) is 9.25. The van der Waals surface area contributed by atoms with Crippen LogP contribution in [0, 0.1) is 0 Å². The SMILES string of the molecule is CN(C(=O)NCc1ccccc1Cl)[C@H](COC(=O)Cc1cc2ccccc2cn1)CC(=O)OCc1ccccc1. The maximum absolute atomic E-state index is 13.0. The molecule has 0 unspecified atom stereocenters. The van der Waals surface area contributed by atoms with Gasteiger partial charge in [-0.15, -0.1) is 0 Å². The number of halogens is 1. The molecule has 2 amide bonds. The van der Waals surface area contributed by atoms with Crippen LogP contribution in [0.3, 0.4) is 0 Å². The van der Waals surface area contributed by atoms with E-state index in [1.165, 1.54) is 11.9 Å². The standard InChI is InChI=1S/C31H30ClN3O5/c1-35(31(38)34-19-25-13-7-8-14-28(25)32)27(17-30(37)39-20-22-9-3-2-4-10-22)21-40-29(36)16-26-15-23-11-5-6-12-24(23)18-33-26/h2-15,18,27H,16-17,19-21H2,1H3,(H,34,38)/t27-/m0/s1. The van der Waals surface area contributed by atoms with Crippen LogP contribution < -0.4 is 5.32 Å². The number of esters is 2. The number of benzene rings is 3. The number of fused-ring (bicyclic) bond motifs is 1. The zero-order chi connectivity index (χ0) is 28.3. The minimum Gasteiger partial charge on any atom is -0.463 e. The third-order valence-corrected chi connectivity index (χ3v) is 6.72. The summed E-state index contributed by atoms with van der Waals surface area (Å²) in [4.78, 5) is 44.0. The van der Waals surface area contributed by atoms with E-state index >= 15 is 0 Å². The molecule has 0 aliphatic heterocycles. The monoisotopic (exact) mass is 559 g/mol. The van der Waals surface area contributed by atoms with Crippen LogP contribution in [0.25, 0.3) is 10.8 Å². The lowest BCUT2D eigenvalue weighted by molar-refractivity contribution is -0.150. The summed E-state index contributed by atoms with van der Waals surface area (Å²) in [5, 5.41) is 5.26. The Labute approximate surface area is 237 Å². The Morgan fingerprint density at radius 2 is 1.60 bits per heavy atom. The highest BCUT2D eigenvalue weighted by molar-refractivity contribution is 6.31. The smallest absolute Gasteiger partial charge is 0.317 e. The molecule has 206 valence electrons. The number of aromatic nitrogens is 1. The Bertz CT molecular complexity index is 1460. The number of amides is 2. The van der Waals surface area contributed by atoms with E-state index in [0.717, 1.165) is 21.9 Å². The van der Waals surface area contributed by atoms with Gasteiger partial charge in [0.05, 0.1) is 24.6 Å². The van der Waals surface area contributed by atoms with Gasteiger partial charge in [-0.1, -0.05) is 84.4 Å².